The van der Waals surface area contributed by atoms with E-state index in [2.05, 4.69) is 33.2 Å². The summed E-state index contributed by atoms with van der Waals surface area (Å²) in [7, 11) is 0. The number of hydrogen-bond donors (Lipinski definition) is 1. The molecule has 20 heavy (non-hydrogen) atoms. The van der Waals surface area contributed by atoms with E-state index in [4.69, 9.17) is 0 Å². The van der Waals surface area contributed by atoms with E-state index in [0.29, 0.717) is 11.4 Å². The molecular formula is C15H16BrFN2S. The summed E-state index contributed by atoms with van der Waals surface area (Å²) in [5.74, 6) is -0.205. The smallest absolute Gasteiger partial charge is 0.137 e. The molecule has 0 saturated carbocycles. The van der Waals surface area contributed by atoms with Crippen LogP contribution in [0.15, 0.2) is 50.9 Å². The van der Waals surface area contributed by atoms with Gasteiger partial charge in [0.2, 0.25) is 0 Å². The number of rotatable bonds is 6. The van der Waals surface area contributed by atoms with Gasteiger partial charge >= 0.3 is 0 Å². The maximum Gasteiger partial charge on any atom is 0.137 e. The number of aromatic nitrogens is 1. The van der Waals surface area contributed by atoms with Gasteiger partial charge in [0.15, 0.2) is 0 Å². The molecule has 2 rings (SSSR count). The third-order valence-electron chi connectivity index (χ3n) is 2.68. The van der Waals surface area contributed by atoms with E-state index >= 15 is 0 Å². The zero-order chi connectivity index (χ0) is 14.4. The first-order valence-corrected chi connectivity index (χ1v) is 8.09. The number of nitrogens with one attached hydrogen (secondary N) is 1. The third kappa shape index (κ3) is 4.30. The number of pyridine rings is 1. The normalized spacial score (nSPS) is 10.8. The fourth-order valence-electron chi connectivity index (χ4n) is 1.70. The molecule has 0 aliphatic heterocycles. The Kier molecular flexibility index (Phi) is 6.01. The minimum Gasteiger partial charge on any atom is -0.313 e. The van der Waals surface area contributed by atoms with Crippen LogP contribution in [-0.4, -0.2) is 11.5 Å². The van der Waals surface area contributed by atoms with E-state index in [0.717, 1.165) is 28.0 Å². The lowest BCUT2D eigenvalue weighted by Crippen LogP contribution is -2.13. The monoisotopic (exact) mass is 354 g/mol. The number of hydrogen-bond acceptors (Lipinski definition) is 3. The fraction of sp³-hybridized carbons (Fsp3) is 0.267. The zero-order valence-electron chi connectivity index (χ0n) is 11.2. The lowest BCUT2D eigenvalue weighted by Gasteiger charge is -2.07. The highest BCUT2D eigenvalue weighted by Gasteiger charge is 2.08. The zero-order valence-corrected chi connectivity index (χ0v) is 13.6. The van der Waals surface area contributed by atoms with Crippen molar-refractivity contribution in [2.45, 2.75) is 29.8 Å². The van der Waals surface area contributed by atoms with E-state index in [1.165, 1.54) is 11.8 Å². The van der Waals surface area contributed by atoms with Crippen molar-refractivity contribution >= 4 is 27.7 Å². The first kappa shape index (κ1) is 15.5. The van der Waals surface area contributed by atoms with Crippen LogP contribution in [-0.2, 0) is 6.54 Å². The topological polar surface area (TPSA) is 24.9 Å². The molecule has 0 saturated heterocycles. The first-order chi connectivity index (χ1) is 9.70. The van der Waals surface area contributed by atoms with Gasteiger partial charge < -0.3 is 5.32 Å². The standard InChI is InChI=1S/C15H16BrFN2S/c1-2-7-18-10-11-5-6-14(13(17)9-11)20-15-12(16)4-3-8-19-15/h3-6,8-9,18H,2,7,10H2,1H3. The molecule has 0 amide bonds. The fourth-order valence-corrected chi connectivity index (χ4v) is 2.97. The molecular weight excluding hydrogens is 339 g/mol. The molecule has 1 heterocycles. The summed E-state index contributed by atoms with van der Waals surface area (Å²) in [5, 5.41) is 4.03. The second-order valence-electron chi connectivity index (χ2n) is 4.33. The molecule has 0 unspecified atom stereocenters. The molecule has 1 aromatic carbocycles. The van der Waals surface area contributed by atoms with Gasteiger partial charge in [-0.25, -0.2) is 9.37 Å². The Morgan fingerprint density at radius 1 is 1.35 bits per heavy atom. The van der Waals surface area contributed by atoms with Crippen molar-refractivity contribution < 1.29 is 4.39 Å². The molecule has 0 aliphatic rings. The van der Waals surface area contributed by atoms with Crippen molar-refractivity contribution in [1.29, 1.82) is 0 Å². The molecule has 0 aliphatic carbocycles. The summed E-state index contributed by atoms with van der Waals surface area (Å²) < 4.78 is 15.0. The van der Waals surface area contributed by atoms with E-state index < -0.39 is 0 Å². The van der Waals surface area contributed by atoms with Crippen LogP contribution in [0, 0.1) is 5.82 Å². The molecule has 2 aromatic rings. The molecule has 1 N–H and O–H groups in total. The number of nitrogens with zero attached hydrogens (tertiary/aromatic N) is 1. The van der Waals surface area contributed by atoms with Gasteiger partial charge in [0, 0.05) is 17.6 Å². The summed E-state index contributed by atoms with van der Waals surface area (Å²) in [6.07, 6.45) is 2.78. The predicted octanol–water partition coefficient (Wildman–Crippen LogP) is 4.63. The summed E-state index contributed by atoms with van der Waals surface area (Å²) in [5.41, 5.74) is 0.959. The van der Waals surface area contributed by atoms with Crippen LogP contribution in [0.4, 0.5) is 4.39 Å². The molecule has 5 heteroatoms. The molecule has 0 bridgehead atoms. The lowest BCUT2D eigenvalue weighted by molar-refractivity contribution is 0.595. The van der Waals surface area contributed by atoms with Crippen LogP contribution in [0.1, 0.15) is 18.9 Å². The van der Waals surface area contributed by atoms with Crippen molar-refractivity contribution in [3.63, 3.8) is 0 Å². The van der Waals surface area contributed by atoms with E-state index in [1.807, 2.05) is 24.3 Å². The first-order valence-electron chi connectivity index (χ1n) is 6.48. The molecule has 1 aromatic heterocycles. The minimum atomic E-state index is -0.205. The van der Waals surface area contributed by atoms with Gasteiger partial charge in [0.25, 0.3) is 0 Å². The van der Waals surface area contributed by atoms with Crippen LogP contribution in [0.2, 0.25) is 0 Å². The SMILES string of the molecule is CCCNCc1ccc(Sc2ncccc2Br)c(F)c1. The van der Waals surface area contributed by atoms with Gasteiger partial charge in [-0.1, -0.05) is 24.8 Å². The maximum atomic E-state index is 14.1. The second-order valence-corrected chi connectivity index (χ2v) is 6.22. The van der Waals surface area contributed by atoms with Crippen molar-refractivity contribution in [1.82, 2.24) is 10.3 Å². The molecule has 0 atom stereocenters. The highest BCUT2D eigenvalue weighted by Crippen LogP contribution is 2.33. The van der Waals surface area contributed by atoms with Crippen LogP contribution < -0.4 is 5.32 Å². The van der Waals surface area contributed by atoms with Gasteiger partial charge in [-0.15, -0.1) is 0 Å². The molecule has 2 nitrogen and oxygen atoms in total. The molecule has 106 valence electrons. The number of halogens is 2. The van der Waals surface area contributed by atoms with Crippen molar-refractivity contribution in [3.8, 4) is 0 Å². The average molecular weight is 355 g/mol. The van der Waals surface area contributed by atoms with Gasteiger partial charge in [-0.3, -0.25) is 0 Å². The van der Waals surface area contributed by atoms with E-state index in [-0.39, 0.29) is 5.82 Å². The second kappa shape index (κ2) is 7.76. The van der Waals surface area contributed by atoms with Crippen molar-refractivity contribution in [2.24, 2.45) is 0 Å². The summed E-state index contributed by atoms with van der Waals surface area (Å²) in [4.78, 5) is 4.82. The van der Waals surface area contributed by atoms with Crippen LogP contribution >= 0.6 is 27.7 Å². The summed E-state index contributed by atoms with van der Waals surface area (Å²) in [6, 6.07) is 9.08. The summed E-state index contributed by atoms with van der Waals surface area (Å²) >= 11 is 4.74. The highest BCUT2D eigenvalue weighted by atomic mass is 79.9. The Hall–Kier alpha value is -0.910. The van der Waals surface area contributed by atoms with Crippen molar-refractivity contribution in [2.75, 3.05) is 6.54 Å². The van der Waals surface area contributed by atoms with E-state index in [9.17, 15) is 4.39 Å². The Bertz CT molecular complexity index is 578. The Morgan fingerprint density at radius 2 is 2.20 bits per heavy atom. The average Bonchev–Trinajstić information content (AvgIpc) is 2.44. The van der Waals surface area contributed by atoms with Crippen LogP contribution in [0.5, 0.6) is 0 Å². The molecule has 0 spiro atoms. The van der Waals surface area contributed by atoms with Crippen LogP contribution in [0.3, 0.4) is 0 Å². The van der Waals surface area contributed by atoms with E-state index in [1.54, 1.807) is 12.3 Å². The Labute approximate surface area is 131 Å². The molecule has 0 radical (unpaired) electrons. The predicted molar refractivity (Wildman–Crippen MR) is 84.5 cm³/mol. The quantitative estimate of drug-likeness (QED) is 0.765. The summed E-state index contributed by atoms with van der Waals surface area (Å²) in [6.45, 7) is 3.75. The van der Waals surface area contributed by atoms with Gasteiger partial charge in [-0.2, -0.15) is 0 Å². The Balaban J connectivity index is 2.08. The molecule has 0 fully saturated rings. The maximum absolute atomic E-state index is 14.1. The van der Waals surface area contributed by atoms with Gasteiger partial charge in [-0.05, 0) is 58.7 Å². The van der Waals surface area contributed by atoms with Gasteiger partial charge in [0.1, 0.15) is 10.8 Å². The Morgan fingerprint density at radius 3 is 2.90 bits per heavy atom. The lowest BCUT2D eigenvalue weighted by atomic mass is 10.2. The highest BCUT2D eigenvalue weighted by molar-refractivity contribution is 9.10. The van der Waals surface area contributed by atoms with Crippen molar-refractivity contribution in [3.05, 3.63) is 52.4 Å². The number of benzene rings is 1. The van der Waals surface area contributed by atoms with Crippen LogP contribution in [0.25, 0.3) is 0 Å². The third-order valence-corrected chi connectivity index (χ3v) is 4.66. The van der Waals surface area contributed by atoms with Gasteiger partial charge in [0.05, 0.1) is 4.47 Å². The minimum absolute atomic E-state index is 0.205. The largest absolute Gasteiger partial charge is 0.313 e.